The van der Waals surface area contributed by atoms with Crippen molar-refractivity contribution in [3.63, 3.8) is 0 Å². The van der Waals surface area contributed by atoms with E-state index in [1.165, 1.54) is 18.3 Å². The Morgan fingerprint density at radius 2 is 1.95 bits per heavy atom. The van der Waals surface area contributed by atoms with Crippen molar-refractivity contribution in [2.75, 3.05) is 5.32 Å². The van der Waals surface area contributed by atoms with Crippen LogP contribution in [0, 0.1) is 5.82 Å². The summed E-state index contributed by atoms with van der Waals surface area (Å²) in [5, 5.41) is 2.04. The highest BCUT2D eigenvalue weighted by Crippen LogP contribution is 2.31. The smallest absolute Gasteiger partial charge is 0.322 e. The van der Waals surface area contributed by atoms with Gasteiger partial charge in [-0.05, 0) is 30.3 Å². The van der Waals surface area contributed by atoms with E-state index >= 15 is 0 Å². The van der Waals surface area contributed by atoms with E-state index in [0.29, 0.717) is 12.1 Å². The van der Waals surface area contributed by atoms with Crippen molar-refractivity contribution in [2.45, 2.75) is 6.18 Å². The Kier molecular flexibility index (Phi) is 4.13. The molecule has 110 valence electrons. The summed E-state index contributed by atoms with van der Waals surface area (Å²) >= 11 is 5.69. The van der Waals surface area contributed by atoms with Crippen LogP contribution >= 0.6 is 11.6 Å². The quantitative estimate of drug-likeness (QED) is 0.668. The Morgan fingerprint density at radius 3 is 2.57 bits per heavy atom. The van der Waals surface area contributed by atoms with Gasteiger partial charge in [-0.25, -0.2) is 9.37 Å². The molecule has 0 fully saturated rings. The first-order valence-electron chi connectivity index (χ1n) is 5.57. The van der Waals surface area contributed by atoms with Crippen LogP contribution < -0.4 is 5.32 Å². The fourth-order valence-electron chi connectivity index (χ4n) is 1.58. The Hall–Kier alpha value is -2.15. The molecule has 8 heteroatoms. The third-order valence-electron chi connectivity index (χ3n) is 2.49. The normalized spacial score (nSPS) is 11.3. The molecule has 21 heavy (non-hydrogen) atoms. The molecule has 0 unspecified atom stereocenters. The maximum Gasteiger partial charge on any atom is 0.416 e. The highest BCUT2D eigenvalue weighted by molar-refractivity contribution is 6.33. The molecule has 1 amide bonds. The molecule has 1 aromatic carbocycles. The van der Waals surface area contributed by atoms with Crippen molar-refractivity contribution in [2.24, 2.45) is 0 Å². The predicted molar refractivity (Wildman–Crippen MR) is 68.6 cm³/mol. The zero-order chi connectivity index (χ0) is 15.6. The van der Waals surface area contributed by atoms with Crippen LogP contribution in [0.1, 0.15) is 15.9 Å². The molecule has 0 aliphatic carbocycles. The molecular formula is C13H7ClF4N2O. The van der Waals surface area contributed by atoms with Gasteiger partial charge in [0.15, 0.2) is 0 Å². The van der Waals surface area contributed by atoms with E-state index in [-0.39, 0.29) is 16.4 Å². The standard InChI is InChI=1S/C13H7ClF4N2O/c14-11-10(2-1-3-19-11)12(21)20-9-5-7(13(16,17)18)4-8(15)6-9/h1-6H,(H,20,21). The van der Waals surface area contributed by atoms with Crippen LogP contribution in [0.3, 0.4) is 0 Å². The van der Waals surface area contributed by atoms with Gasteiger partial charge in [-0.2, -0.15) is 13.2 Å². The lowest BCUT2D eigenvalue weighted by atomic mass is 10.1. The first-order chi connectivity index (χ1) is 9.77. The van der Waals surface area contributed by atoms with E-state index in [2.05, 4.69) is 10.3 Å². The third kappa shape index (κ3) is 3.69. The molecule has 0 saturated heterocycles. The summed E-state index contributed by atoms with van der Waals surface area (Å²) in [7, 11) is 0. The summed E-state index contributed by atoms with van der Waals surface area (Å²) in [6.45, 7) is 0. The second-order valence-corrected chi connectivity index (χ2v) is 4.38. The van der Waals surface area contributed by atoms with Gasteiger partial charge >= 0.3 is 6.18 Å². The number of nitrogens with zero attached hydrogens (tertiary/aromatic N) is 1. The molecule has 1 N–H and O–H groups in total. The number of carbonyl (C=O) groups excluding carboxylic acids is 1. The summed E-state index contributed by atoms with van der Waals surface area (Å²) in [5.41, 5.74) is -1.56. The Bertz CT molecular complexity index is 688. The molecule has 0 spiro atoms. The summed E-state index contributed by atoms with van der Waals surface area (Å²) in [5.74, 6) is -1.90. The first-order valence-corrected chi connectivity index (χ1v) is 5.95. The summed E-state index contributed by atoms with van der Waals surface area (Å²) in [6.07, 6.45) is -3.36. The Balaban J connectivity index is 2.30. The van der Waals surface area contributed by atoms with Gasteiger partial charge in [-0.1, -0.05) is 11.6 Å². The van der Waals surface area contributed by atoms with Crippen LogP contribution in [0.2, 0.25) is 5.15 Å². The third-order valence-corrected chi connectivity index (χ3v) is 2.79. The fraction of sp³-hybridized carbons (Fsp3) is 0.0769. The summed E-state index contributed by atoms with van der Waals surface area (Å²) in [6, 6.07) is 4.53. The first kappa shape index (κ1) is 15.2. The van der Waals surface area contributed by atoms with E-state index < -0.39 is 23.5 Å². The Labute approximate surface area is 121 Å². The van der Waals surface area contributed by atoms with Crippen molar-refractivity contribution >= 4 is 23.2 Å². The maximum atomic E-state index is 13.2. The number of anilines is 1. The maximum absolute atomic E-state index is 13.2. The number of nitrogens with one attached hydrogen (secondary N) is 1. The van der Waals surface area contributed by atoms with E-state index in [1.807, 2.05) is 0 Å². The van der Waals surface area contributed by atoms with Crippen molar-refractivity contribution in [3.05, 3.63) is 58.6 Å². The number of hydrogen-bond donors (Lipinski definition) is 1. The monoisotopic (exact) mass is 318 g/mol. The van der Waals surface area contributed by atoms with E-state index in [9.17, 15) is 22.4 Å². The topological polar surface area (TPSA) is 42.0 Å². The molecule has 0 bridgehead atoms. The van der Waals surface area contributed by atoms with Crippen molar-refractivity contribution in [3.8, 4) is 0 Å². The van der Waals surface area contributed by atoms with Gasteiger partial charge in [-0.3, -0.25) is 4.79 Å². The van der Waals surface area contributed by atoms with Gasteiger partial charge in [0.2, 0.25) is 0 Å². The lowest BCUT2D eigenvalue weighted by molar-refractivity contribution is -0.137. The molecule has 0 atom stereocenters. The minimum atomic E-state index is -4.71. The van der Waals surface area contributed by atoms with Crippen molar-refractivity contribution in [1.29, 1.82) is 0 Å². The number of rotatable bonds is 2. The number of pyridine rings is 1. The Morgan fingerprint density at radius 1 is 1.24 bits per heavy atom. The van der Waals surface area contributed by atoms with Gasteiger partial charge in [-0.15, -0.1) is 0 Å². The van der Waals surface area contributed by atoms with Gasteiger partial charge < -0.3 is 5.32 Å². The number of hydrogen-bond acceptors (Lipinski definition) is 2. The lowest BCUT2D eigenvalue weighted by Crippen LogP contribution is -2.14. The number of aromatic nitrogens is 1. The molecule has 0 aliphatic rings. The lowest BCUT2D eigenvalue weighted by Gasteiger charge is -2.11. The minimum Gasteiger partial charge on any atom is -0.322 e. The summed E-state index contributed by atoms with van der Waals surface area (Å²) in [4.78, 5) is 15.5. The zero-order valence-corrected chi connectivity index (χ0v) is 11.0. The SMILES string of the molecule is O=C(Nc1cc(F)cc(C(F)(F)F)c1)c1cccnc1Cl. The van der Waals surface area contributed by atoms with E-state index in [0.717, 1.165) is 6.07 Å². The molecule has 3 nitrogen and oxygen atoms in total. The van der Waals surface area contributed by atoms with Crippen LogP contribution in [-0.4, -0.2) is 10.9 Å². The van der Waals surface area contributed by atoms with Crippen LogP contribution in [0.5, 0.6) is 0 Å². The van der Waals surface area contributed by atoms with Crippen LogP contribution in [0.15, 0.2) is 36.5 Å². The second kappa shape index (κ2) is 5.69. The number of amides is 1. The highest BCUT2D eigenvalue weighted by Gasteiger charge is 2.31. The zero-order valence-electron chi connectivity index (χ0n) is 10.2. The molecule has 0 saturated carbocycles. The molecule has 1 aromatic heterocycles. The van der Waals surface area contributed by atoms with Gasteiger partial charge in [0.1, 0.15) is 11.0 Å². The van der Waals surface area contributed by atoms with Gasteiger partial charge in [0, 0.05) is 11.9 Å². The molecule has 1 heterocycles. The fourth-order valence-corrected chi connectivity index (χ4v) is 1.78. The number of halogens is 5. The molecule has 2 aromatic rings. The van der Waals surface area contributed by atoms with Gasteiger partial charge in [0.25, 0.3) is 5.91 Å². The average Bonchev–Trinajstić information content (AvgIpc) is 2.37. The van der Waals surface area contributed by atoms with Crippen molar-refractivity contribution in [1.82, 2.24) is 4.98 Å². The number of alkyl halides is 3. The molecule has 2 rings (SSSR count). The molecule has 0 radical (unpaired) electrons. The summed E-state index contributed by atoms with van der Waals surface area (Å²) < 4.78 is 50.9. The predicted octanol–water partition coefficient (Wildman–Crippen LogP) is 4.15. The molecule has 0 aliphatic heterocycles. The van der Waals surface area contributed by atoms with Crippen LogP contribution in [0.25, 0.3) is 0 Å². The average molecular weight is 319 g/mol. The highest BCUT2D eigenvalue weighted by atomic mass is 35.5. The van der Waals surface area contributed by atoms with Crippen molar-refractivity contribution < 1.29 is 22.4 Å². The second-order valence-electron chi connectivity index (χ2n) is 4.02. The van der Waals surface area contributed by atoms with E-state index in [4.69, 9.17) is 11.6 Å². The van der Waals surface area contributed by atoms with Gasteiger partial charge in [0.05, 0.1) is 11.1 Å². The largest absolute Gasteiger partial charge is 0.416 e. The molecular weight excluding hydrogens is 312 g/mol. The van der Waals surface area contributed by atoms with Crippen LogP contribution in [-0.2, 0) is 6.18 Å². The number of carbonyl (C=O) groups is 1. The number of benzene rings is 1. The van der Waals surface area contributed by atoms with E-state index in [1.54, 1.807) is 0 Å². The minimum absolute atomic E-state index is 0.0306. The van der Waals surface area contributed by atoms with Crippen LogP contribution in [0.4, 0.5) is 23.2 Å².